The molecule has 0 N–H and O–H groups in total. The minimum Gasteiger partial charge on any atom is -0.455 e. The number of hydrogen-bond donors (Lipinski definition) is 0. The molecule has 9 aromatic carbocycles. The van der Waals surface area contributed by atoms with Crippen LogP contribution in [0.1, 0.15) is 24.7 Å². The minimum absolute atomic E-state index is 0.0299. The van der Waals surface area contributed by atoms with Crippen LogP contribution in [0.4, 0.5) is 0 Å². The third kappa shape index (κ3) is 4.33. The van der Waals surface area contributed by atoms with E-state index in [4.69, 9.17) is 23.6 Å². The normalized spacial score (nSPS) is 16.8. The Morgan fingerprint density at radius 3 is 1.69 bits per heavy atom. The summed E-state index contributed by atoms with van der Waals surface area (Å²) in [6, 6.07) is 8.64. The molecular formula is C48H30O. The van der Waals surface area contributed by atoms with Crippen LogP contribution in [0, 0.1) is 0 Å². The van der Waals surface area contributed by atoms with Crippen LogP contribution in [0.2, 0.25) is 0 Å². The van der Waals surface area contributed by atoms with Crippen LogP contribution in [0.3, 0.4) is 0 Å². The second-order valence-electron chi connectivity index (χ2n) is 11.5. The molecule has 1 nitrogen and oxygen atoms in total. The summed E-state index contributed by atoms with van der Waals surface area (Å²) in [5, 5.41) is 1.72. The SMILES string of the molecule is [2H]c1c([2H])c([2H])c(-c2ccc3oc(-c4cccc5ccc6ccccc6c45)c(-c4c5c([2H])c([2H])c([2H])c([2H])c5c(-c5c([2H])c([2H])c([2H])c([2H])c5[2H])c5c([2H])c([2H])c([2H])c([2H])c45)c3c2)c([2H])c1[2H]. The Hall–Kier alpha value is -6.44. The van der Waals surface area contributed by atoms with Gasteiger partial charge in [-0.3, -0.25) is 0 Å². The van der Waals surface area contributed by atoms with Crippen molar-refractivity contribution in [3.63, 3.8) is 0 Å². The standard InChI is InChI=1S/C48H30O/c1-3-14-31(15-4-1)35-28-29-43-42(30-35)47(48(49-43)41-25-13-19-34-27-26-32-16-7-8-20-36(32)44(34)41)46-39-23-11-9-21-37(39)45(33-17-5-2-6-18-33)38-22-10-12-24-40(38)46/h1-30H/i1D,2D,3D,4D,5D,6D,9D,10D,11D,12D,14D,15D,17D,18D,21D,22D,23D,24D. The Morgan fingerprint density at radius 2 is 0.980 bits per heavy atom. The number of benzene rings is 9. The van der Waals surface area contributed by atoms with E-state index in [-0.39, 0.29) is 49.8 Å². The number of hydrogen-bond acceptors (Lipinski definition) is 1. The lowest BCUT2D eigenvalue weighted by molar-refractivity contribution is 0.633. The molecule has 1 heteroatoms. The minimum atomic E-state index is -0.797. The molecule has 0 radical (unpaired) electrons. The van der Waals surface area contributed by atoms with Gasteiger partial charge in [0.05, 0.1) is 24.7 Å². The summed E-state index contributed by atoms with van der Waals surface area (Å²) in [4.78, 5) is 0. The maximum absolute atomic E-state index is 9.65. The summed E-state index contributed by atoms with van der Waals surface area (Å²) in [7, 11) is 0. The molecule has 0 aliphatic rings. The van der Waals surface area contributed by atoms with Gasteiger partial charge in [0.25, 0.3) is 0 Å². The van der Waals surface area contributed by atoms with Crippen molar-refractivity contribution < 1.29 is 29.1 Å². The average Bonchev–Trinajstić information content (AvgIpc) is 3.71. The van der Waals surface area contributed by atoms with Gasteiger partial charge in [-0.2, -0.15) is 0 Å². The van der Waals surface area contributed by atoms with E-state index < -0.39 is 131 Å². The van der Waals surface area contributed by atoms with Crippen molar-refractivity contribution in [2.75, 3.05) is 0 Å². The van der Waals surface area contributed by atoms with Crippen molar-refractivity contribution in [2.45, 2.75) is 0 Å². The van der Waals surface area contributed by atoms with Crippen molar-refractivity contribution in [1.29, 1.82) is 0 Å². The summed E-state index contributed by atoms with van der Waals surface area (Å²) in [5.74, 6) is 0.0631. The Kier molecular flexibility index (Phi) is 3.43. The van der Waals surface area contributed by atoms with Gasteiger partial charge >= 0.3 is 0 Å². The number of furan rings is 1. The molecule has 0 unspecified atom stereocenters. The Balaban J connectivity index is 1.54. The highest BCUT2D eigenvalue weighted by Crippen LogP contribution is 2.51. The van der Waals surface area contributed by atoms with Crippen molar-refractivity contribution in [3.8, 4) is 44.7 Å². The van der Waals surface area contributed by atoms with Crippen LogP contribution in [-0.4, -0.2) is 0 Å². The quantitative estimate of drug-likeness (QED) is 0.138. The molecule has 0 saturated heterocycles. The lowest BCUT2D eigenvalue weighted by Crippen LogP contribution is -1.92. The van der Waals surface area contributed by atoms with E-state index in [2.05, 4.69) is 0 Å². The second-order valence-corrected chi connectivity index (χ2v) is 11.5. The Morgan fingerprint density at radius 1 is 0.388 bits per heavy atom. The fraction of sp³-hybridized carbons (Fsp3) is 0. The first-order valence-electron chi connectivity index (χ1n) is 24.4. The molecule has 1 aromatic heterocycles. The topological polar surface area (TPSA) is 13.1 Å². The first kappa shape index (κ1) is 15.2. The van der Waals surface area contributed by atoms with Crippen LogP contribution in [0.15, 0.2) is 186 Å². The van der Waals surface area contributed by atoms with Gasteiger partial charge in [0.1, 0.15) is 11.3 Å². The molecule has 0 aliphatic carbocycles. The maximum Gasteiger partial charge on any atom is 0.143 e. The summed E-state index contributed by atoms with van der Waals surface area (Å²) >= 11 is 0. The molecule has 228 valence electrons. The van der Waals surface area contributed by atoms with E-state index >= 15 is 0 Å². The molecule has 10 aromatic rings. The molecule has 0 atom stereocenters. The Bertz CT molecular complexity index is 3770. The summed E-state index contributed by atoms with van der Waals surface area (Å²) < 4.78 is 168. The Labute approximate surface area is 309 Å². The molecule has 0 bridgehead atoms. The molecular weight excluding hydrogens is 593 g/mol. The number of rotatable bonds is 4. The predicted molar refractivity (Wildman–Crippen MR) is 208 cm³/mol. The molecule has 0 fully saturated rings. The van der Waals surface area contributed by atoms with Crippen molar-refractivity contribution in [2.24, 2.45) is 0 Å². The fourth-order valence-corrected chi connectivity index (χ4v) is 6.83. The zero-order valence-corrected chi connectivity index (χ0v) is 25.3. The molecule has 49 heavy (non-hydrogen) atoms. The summed E-state index contributed by atoms with van der Waals surface area (Å²) in [6.07, 6.45) is 0. The van der Waals surface area contributed by atoms with Gasteiger partial charge in [-0.1, -0.05) is 169 Å². The van der Waals surface area contributed by atoms with E-state index in [1.807, 2.05) is 42.5 Å². The highest BCUT2D eigenvalue weighted by molar-refractivity contribution is 6.26. The van der Waals surface area contributed by atoms with Gasteiger partial charge < -0.3 is 4.42 Å². The van der Waals surface area contributed by atoms with Gasteiger partial charge in [-0.15, -0.1) is 0 Å². The predicted octanol–water partition coefficient (Wildman–Crippen LogP) is 13.7. The number of fused-ring (bicyclic) bond motifs is 6. The molecule has 0 spiro atoms. The largest absolute Gasteiger partial charge is 0.455 e. The van der Waals surface area contributed by atoms with Gasteiger partial charge in [0.15, 0.2) is 0 Å². The van der Waals surface area contributed by atoms with E-state index in [1.165, 1.54) is 18.2 Å². The van der Waals surface area contributed by atoms with Crippen molar-refractivity contribution >= 4 is 54.1 Å². The summed E-state index contributed by atoms with van der Waals surface area (Å²) in [5.41, 5.74) is -0.647. The molecule has 0 aliphatic heterocycles. The molecule has 1 heterocycles. The maximum atomic E-state index is 9.65. The van der Waals surface area contributed by atoms with E-state index in [1.54, 1.807) is 12.1 Å². The lowest BCUT2D eigenvalue weighted by Gasteiger charge is -2.18. The van der Waals surface area contributed by atoms with Gasteiger partial charge in [0.2, 0.25) is 0 Å². The first-order chi connectivity index (χ1) is 31.8. The highest BCUT2D eigenvalue weighted by Gasteiger charge is 2.25. The van der Waals surface area contributed by atoms with Crippen LogP contribution in [0.25, 0.3) is 98.8 Å². The zero-order valence-electron chi connectivity index (χ0n) is 43.3. The van der Waals surface area contributed by atoms with E-state index in [0.717, 1.165) is 16.2 Å². The molecule has 0 amide bonds. The zero-order chi connectivity index (χ0) is 48.0. The van der Waals surface area contributed by atoms with Gasteiger partial charge in [-0.25, -0.2) is 0 Å². The van der Waals surface area contributed by atoms with Crippen LogP contribution >= 0.6 is 0 Å². The average molecular weight is 641 g/mol. The second kappa shape index (κ2) is 11.1. The van der Waals surface area contributed by atoms with Gasteiger partial charge in [-0.05, 0) is 72.1 Å². The third-order valence-corrected chi connectivity index (χ3v) is 8.87. The van der Waals surface area contributed by atoms with Crippen molar-refractivity contribution in [1.82, 2.24) is 0 Å². The molecule has 10 rings (SSSR count). The van der Waals surface area contributed by atoms with Crippen LogP contribution in [-0.2, 0) is 0 Å². The van der Waals surface area contributed by atoms with Crippen LogP contribution in [0.5, 0.6) is 0 Å². The first-order valence-corrected chi connectivity index (χ1v) is 15.4. The smallest absolute Gasteiger partial charge is 0.143 e. The fourth-order valence-electron chi connectivity index (χ4n) is 6.83. The van der Waals surface area contributed by atoms with E-state index in [9.17, 15) is 5.48 Å². The van der Waals surface area contributed by atoms with Crippen molar-refractivity contribution in [3.05, 3.63) is 182 Å². The van der Waals surface area contributed by atoms with E-state index in [0.29, 0.717) is 10.9 Å². The third-order valence-electron chi connectivity index (χ3n) is 8.87. The monoisotopic (exact) mass is 640 g/mol. The molecule has 0 saturated carbocycles. The van der Waals surface area contributed by atoms with Gasteiger partial charge in [0, 0.05) is 27.5 Å². The lowest BCUT2D eigenvalue weighted by atomic mass is 9.84. The van der Waals surface area contributed by atoms with Crippen LogP contribution < -0.4 is 0 Å². The summed E-state index contributed by atoms with van der Waals surface area (Å²) in [6.45, 7) is 0. The highest BCUT2D eigenvalue weighted by atomic mass is 16.3.